The third-order valence-electron chi connectivity index (χ3n) is 3.10. The Bertz CT molecular complexity index is 614. The molecule has 116 valence electrons. The molecule has 7 heteroatoms. The van der Waals surface area contributed by atoms with Gasteiger partial charge in [-0.05, 0) is 37.7 Å². The molecule has 2 aromatic rings. The monoisotopic (exact) mass is 318 g/mol. The molecule has 0 saturated carbocycles. The lowest BCUT2D eigenvalue weighted by Gasteiger charge is -2.23. The number of carbonyl (C=O) groups is 2. The Morgan fingerprint density at radius 3 is 2.55 bits per heavy atom. The van der Waals surface area contributed by atoms with Gasteiger partial charge in [-0.2, -0.15) is 0 Å². The van der Waals surface area contributed by atoms with Crippen LogP contribution in [0, 0.1) is 0 Å². The van der Waals surface area contributed by atoms with Gasteiger partial charge in [-0.3, -0.25) is 14.6 Å². The maximum Gasteiger partial charge on any atom is 0.313 e. The van der Waals surface area contributed by atoms with Gasteiger partial charge in [0, 0.05) is 29.5 Å². The fourth-order valence-electron chi connectivity index (χ4n) is 1.91. The second-order valence-electron chi connectivity index (χ2n) is 4.89. The molecule has 1 atom stereocenters. The van der Waals surface area contributed by atoms with Gasteiger partial charge >= 0.3 is 11.8 Å². The van der Waals surface area contributed by atoms with Gasteiger partial charge in [0.1, 0.15) is 0 Å². The van der Waals surface area contributed by atoms with Crippen molar-refractivity contribution in [3.63, 3.8) is 0 Å². The molecule has 0 aliphatic carbocycles. The maximum absolute atomic E-state index is 11.9. The minimum absolute atomic E-state index is 0.0395. The van der Waals surface area contributed by atoms with Crippen LogP contribution in [0.4, 0.5) is 5.69 Å². The molecule has 2 amide bonds. The molecule has 2 aromatic heterocycles. The zero-order valence-corrected chi connectivity index (χ0v) is 13.3. The predicted molar refractivity (Wildman–Crippen MR) is 86.6 cm³/mol. The molecule has 6 nitrogen and oxygen atoms in total. The Morgan fingerprint density at radius 1 is 1.23 bits per heavy atom. The van der Waals surface area contributed by atoms with Crippen molar-refractivity contribution < 1.29 is 9.59 Å². The van der Waals surface area contributed by atoms with Crippen molar-refractivity contribution >= 4 is 28.8 Å². The summed E-state index contributed by atoms with van der Waals surface area (Å²) in [5.41, 5.74) is 0.539. The largest absolute Gasteiger partial charge is 0.346 e. The van der Waals surface area contributed by atoms with Crippen molar-refractivity contribution in [3.05, 3.63) is 46.9 Å². The van der Waals surface area contributed by atoms with Gasteiger partial charge < -0.3 is 15.5 Å². The molecular formula is C15H18N4O2S. The number of amides is 2. The van der Waals surface area contributed by atoms with Crippen molar-refractivity contribution in [1.29, 1.82) is 0 Å². The Labute approximate surface area is 133 Å². The van der Waals surface area contributed by atoms with Crippen LogP contribution < -0.4 is 10.6 Å². The molecule has 0 unspecified atom stereocenters. The van der Waals surface area contributed by atoms with Crippen molar-refractivity contribution in [2.45, 2.75) is 6.04 Å². The van der Waals surface area contributed by atoms with Crippen LogP contribution in [-0.4, -0.2) is 42.3 Å². The van der Waals surface area contributed by atoms with Crippen LogP contribution in [0.2, 0.25) is 0 Å². The van der Waals surface area contributed by atoms with Gasteiger partial charge in [0.2, 0.25) is 0 Å². The highest BCUT2D eigenvalue weighted by Gasteiger charge is 2.19. The number of rotatable bonds is 5. The summed E-state index contributed by atoms with van der Waals surface area (Å²) in [7, 11) is 3.88. The molecule has 22 heavy (non-hydrogen) atoms. The first kappa shape index (κ1) is 16.1. The summed E-state index contributed by atoms with van der Waals surface area (Å²) in [5.74, 6) is -1.34. The molecule has 0 aromatic carbocycles. The third kappa shape index (κ3) is 4.37. The van der Waals surface area contributed by atoms with E-state index in [-0.39, 0.29) is 6.04 Å². The van der Waals surface area contributed by atoms with E-state index in [2.05, 4.69) is 15.6 Å². The first-order chi connectivity index (χ1) is 10.6. The summed E-state index contributed by atoms with van der Waals surface area (Å²) in [6.07, 6.45) is 3.10. The number of thiophene rings is 1. The summed E-state index contributed by atoms with van der Waals surface area (Å²) in [6, 6.07) is 7.27. The molecule has 0 spiro atoms. The Morgan fingerprint density at radius 2 is 1.95 bits per heavy atom. The molecule has 0 bridgehead atoms. The molecule has 2 N–H and O–H groups in total. The summed E-state index contributed by atoms with van der Waals surface area (Å²) in [6.45, 7) is 0.371. The lowest BCUT2D eigenvalue weighted by molar-refractivity contribution is -0.136. The standard InChI is InChI=1S/C15H18N4O2S/c1-19(2)12(13-4-3-9-22-13)10-17-14(20)15(21)18-11-5-7-16-8-6-11/h3-9,12H,10H2,1-2H3,(H,17,20)(H,16,18,21)/t12-/m0/s1. The lowest BCUT2D eigenvalue weighted by atomic mass is 10.2. The van der Waals surface area contributed by atoms with E-state index in [0.717, 1.165) is 4.88 Å². The minimum Gasteiger partial charge on any atom is -0.346 e. The summed E-state index contributed by atoms with van der Waals surface area (Å²) >= 11 is 1.62. The highest BCUT2D eigenvalue weighted by molar-refractivity contribution is 7.10. The predicted octanol–water partition coefficient (Wildman–Crippen LogP) is 1.50. The van der Waals surface area contributed by atoms with Crippen molar-refractivity contribution in [2.24, 2.45) is 0 Å². The van der Waals surface area contributed by atoms with E-state index in [0.29, 0.717) is 12.2 Å². The highest BCUT2D eigenvalue weighted by Crippen LogP contribution is 2.22. The van der Waals surface area contributed by atoms with Crippen LogP contribution in [0.25, 0.3) is 0 Å². The van der Waals surface area contributed by atoms with E-state index in [4.69, 9.17) is 0 Å². The first-order valence-corrected chi connectivity index (χ1v) is 7.65. The van der Waals surface area contributed by atoms with Gasteiger partial charge in [-0.25, -0.2) is 0 Å². The number of carbonyl (C=O) groups excluding carboxylic acids is 2. The molecule has 2 heterocycles. The lowest BCUT2D eigenvalue weighted by Crippen LogP contribution is -2.40. The Kier molecular flexibility index (Phi) is 5.62. The highest BCUT2D eigenvalue weighted by atomic mass is 32.1. The average molecular weight is 318 g/mol. The molecule has 0 aliphatic heterocycles. The van der Waals surface area contributed by atoms with Gasteiger partial charge in [0.25, 0.3) is 0 Å². The van der Waals surface area contributed by atoms with Crippen LogP contribution in [-0.2, 0) is 9.59 Å². The molecule has 0 fully saturated rings. The minimum atomic E-state index is -0.685. The number of pyridine rings is 1. The Balaban J connectivity index is 1.89. The third-order valence-corrected chi connectivity index (χ3v) is 4.07. The van der Waals surface area contributed by atoms with Crippen LogP contribution in [0.5, 0.6) is 0 Å². The number of anilines is 1. The van der Waals surface area contributed by atoms with Crippen LogP contribution >= 0.6 is 11.3 Å². The van der Waals surface area contributed by atoms with E-state index in [1.165, 1.54) is 0 Å². The molecular weight excluding hydrogens is 300 g/mol. The molecule has 0 saturated heterocycles. The molecule has 0 radical (unpaired) electrons. The van der Waals surface area contributed by atoms with E-state index < -0.39 is 11.8 Å². The average Bonchev–Trinajstić information content (AvgIpc) is 3.02. The van der Waals surface area contributed by atoms with Crippen molar-refractivity contribution in [2.75, 3.05) is 26.0 Å². The maximum atomic E-state index is 11.9. The van der Waals surface area contributed by atoms with Gasteiger partial charge in [0.15, 0.2) is 0 Å². The number of aromatic nitrogens is 1. The smallest absolute Gasteiger partial charge is 0.313 e. The summed E-state index contributed by atoms with van der Waals surface area (Å²) in [5, 5.41) is 7.19. The van der Waals surface area contributed by atoms with Gasteiger partial charge in [-0.15, -0.1) is 11.3 Å². The van der Waals surface area contributed by atoms with Gasteiger partial charge in [0.05, 0.1) is 6.04 Å². The number of likely N-dealkylation sites (N-methyl/N-ethyl adjacent to an activating group) is 1. The fourth-order valence-corrected chi connectivity index (χ4v) is 2.83. The number of nitrogens with one attached hydrogen (secondary N) is 2. The zero-order valence-electron chi connectivity index (χ0n) is 12.4. The van der Waals surface area contributed by atoms with Crippen LogP contribution in [0.3, 0.4) is 0 Å². The SMILES string of the molecule is CN(C)[C@@H](CNC(=O)C(=O)Nc1ccncc1)c1cccs1. The molecule has 2 rings (SSSR count). The van der Waals surface area contributed by atoms with Crippen molar-refractivity contribution in [3.8, 4) is 0 Å². The number of nitrogens with zero attached hydrogens (tertiary/aromatic N) is 2. The zero-order chi connectivity index (χ0) is 15.9. The van der Waals surface area contributed by atoms with E-state index in [9.17, 15) is 9.59 Å². The van der Waals surface area contributed by atoms with Gasteiger partial charge in [-0.1, -0.05) is 6.07 Å². The quantitative estimate of drug-likeness (QED) is 0.819. The number of hydrogen-bond donors (Lipinski definition) is 2. The molecule has 0 aliphatic rings. The fraction of sp³-hybridized carbons (Fsp3) is 0.267. The normalized spacial score (nSPS) is 12.0. The Hall–Kier alpha value is -2.25. The van der Waals surface area contributed by atoms with E-state index >= 15 is 0 Å². The second kappa shape index (κ2) is 7.67. The van der Waals surface area contributed by atoms with Crippen LogP contribution in [0.15, 0.2) is 42.0 Å². The topological polar surface area (TPSA) is 74.3 Å². The van der Waals surface area contributed by atoms with Crippen molar-refractivity contribution in [1.82, 2.24) is 15.2 Å². The summed E-state index contributed by atoms with van der Waals surface area (Å²) in [4.78, 5) is 30.7. The summed E-state index contributed by atoms with van der Waals surface area (Å²) < 4.78 is 0. The van der Waals surface area contributed by atoms with Crippen LogP contribution in [0.1, 0.15) is 10.9 Å². The first-order valence-electron chi connectivity index (χ1n) is 6.77. The number of hydrogen-bond acceptors (Lipinski definition) is 5. The van der Waals surface area contributed by atoms with E-state index in [1.54, 1.807) is 35.9 Å². The van der Waals surface area contributed by atoms with E-state index in [1.807, 2.05) is 36.5 Å². The second-order valence-corrected chi connectivity index (χ2v) is 5.87.